The molecule has 0 bridgehead atoms. The lowest BCUT2D eigenvalue weighted by Gasteiger charge is -2.31. The minimum atomic E-state index is -0.671. The van der Waals surface area contributed by atoms with Gasteiger partial charge in [0.25, 0.3) is 0 Å². The van der Waals surface area contributed by atoms with Crippen molar-refractivity contribution < 1.29 is 9.90 Å². The summed E-state index contributed by atoms with van der Waals surface area (Å²) in [6, 6.07) is 13.9. The predicted octanol–water partition coefficient (Wildman–Crippen LogP) is 6.53. The second-order valence-electron chi connectivity index (χ2n) is 8.89. The minimum Gasteiger partial charge on any atom is -0.481 e. The van der Waals surface area contributed by atoms with Crippen LogP contribution in [0.4, 0.5) is 5.69 Å². The van der Waals surface area contributed by atoms with Gasteiger partial charge in [0.2, 0.25) is 0 Å². The van der Waals surface area contributed by atoms with E-state index in [0.717, 1.165) is 25.8 Å². The van der Waals surface area contributed by atoms with E-state index in [1.54, 1.807) is 0 Å². The van der Waals surface area contributed by atoms with Crippen molar-refractivity contribution >= 4 is 22.4 Å². The van der Waals surface area contributed by atoms with Gasteiger partial charge in [-0.1, -0.05) is 76.3 Å². The van der Waals surface area contributed by atoms with Gasteiger partial charge in [-0.3, -0.25) is 4.79 Å². The van der Waals surface area contributed by atoms with Crippen LogP contribution in [0.15, 0.2) is 36.4 Å². The van der Waals surface area contributed by atoms with Gasteiger partial charge in [0, 0.05) is 30.1 Å². The van der Waals surface area contributed by atoms with Crippen molar-refractivity contribution in [1.29, 1.82) is 0 Å². The number of hydrogen-bond donors (Lipinski definition) is 1. The Morgan fingerprint density at radius 2 is 1.61 bits per heavy atom. The van der Waals surface area contributed by atoms with Crippen LogP contribution in [0.25, 0.3) is 10.8 Å². The fourth-order valence-electron chi connectivity index (χ4n) is 4.74. The van der Waals surface area contributed by atoms with Crippen LogP contribution in [0.3, 0.4) is 0 Å². The third-order valence-electron chi connectivity index (χ3n) is 6.66. The summed E-state index contributed by atoms with van der Waals surface area (Å²) in [5.74, 6) is -0.671. The van der Waals surface area contributed by atoms with Crippen molar-refractivity contribution in [3.05, 3.63) is 42.0 Å². The first-order chi connectivity index (χ1) is 13.4. The molecule has 1 aliphatic rings. The molecule has 0 amide bonds. The molecule has 1 aliphatic heterocycles. The van der Waals surface area contributed by atoms with Crippen LogP contribution in [0.2, 0.25) is 0 Å². The number of benzene rings is 2. The first-order valence-electron chi connectivity index (χ1n) is 10.9. The van der Waals surface area contributed by atoms with Crippen molar-refractivity contribution in [2.45, 2.75) is 83.6 Å². The number of hydrogen-bond acceptors (Lipinski definition) is 2. The van der Waals surface area contributed by atoms with Crippen molar-refractivity contribution in [2.75, 3.05) is 11.4 Å². The van der Waals surface area contributed by atoms with E-state index in [1.165, 1.54) is 47.7 Å². The molecule has 1 atom stereocenters. The maximum Gasteiger partial charge on any atom is 0.303 e. The largest absolute Gasteiger partial charge is 0.481 e. The third kappa shape index (κ3) is 4.34. The molecule has 0 aliphatic carbocycles. The van der Waals surface area contributed by atoms with Crippen LogP contribution in [0.5, 0.6) is 0 Å². The second kappa shape index (κ2) is 8.98. The molecular formula is C25H35NO2. The van der Waals surface area contributed by atoms with Gasteiger partial charge in [-0.25, -0.2) is 0 Å². The number of fused-ring (bicyclic) bond motifs is 3. The summed E-state index contributed by atoms with van der Waals surface area (Å²) < 4.78 is 0. The summed E-state index contributed by atoms with van der Waals surface area (Å²) in [6.07, 6.45) is 8.30. The molecule has 1 heterocycles. The number of nitrogens with zero attached hydrogens (tertiary/aromatic N) is 1. The third-order valence-corrected chi connectivity index (χ3v) is 6.66. The summed E-state index contributed by atoms with van der Waals surface area (Å²) in [7, 11) is 0. The second-order valence-corrected chi connectivity index (χ2v) is 8.89. The van der Waals surface area contributed by atoms with Crippen LogP contribution in [0, 0.1) is 0 Å². The quantitative estimate of drug-likeness (QED) is 0.476. The van der Waals surface area contributed by atoms with Gasteiger partial charge < -0.3 is 10.0 Å². The highest BCUT2D eigenvalue weighted by Gasteiger charge is 2.42. The van der Waals surface area contributed by atoms with E-state index in [4.69, 9.17) is 5.11 Å². The van der Waals surface area contributed by atoms with Gasteiger partial charge in [0.15, 0.2) is 0 Å². The van der Waals surface area contributed by atoms with Gasteiger partial charge in [-0.15, -0.1) is 0 Å². The lowest BCUT2D eigenvalue weighted by molar-refractivity contribution is -0.137. The molecule has 3 rings (SSSR count). The molecule has 3 nitrogen and oxygen atoms in total. The molecular weight excluding hydrogens is 346 g/mol. The molecule has 28 heavy (non-hydrogen) atoms. The fourth-order valence-corrected chi connectivity index (χ4v) is 4.74. The van der Waals surface area contributed by atoms with Crippen molar-refractivity contribution in [3.63, 3.8) is 0 Å². The minimum absolute atomic E-state index is 0.153. The molecule has 152 valence electrons. The summed E-state index contributed by atoms with van der Waals surface area (Å²) in [6.45, 7) is 8.27. The molecule has 0 saturated carbocycles. The zero-order valence-corrected chi connectivity index (χ0v) is 17.7. The average molecular weight is 382 g/mol. The van der Waals surface area contributed by atoms with E-state index in [1.807, 2.05) is 0 Å². The van der Waals surface area contributed by atoms with Crippen molar-refractivity contribution in [1.82, 2.24) is 0 Å². The van der Waals surface area contributed by atoms with E-state index in [9.17, 15) is 4.79 Å². The Morgan fingerprint density at radius 3 is 2.32 bits per heavy atom. The van der Waals surface area contributed by atoms with Crippen LogP contribution in [-0.4, -0.2) is 23.7 Å². The predicted molar refractivity (Wildman–Crippen MR) is 118 cm³/mol. The van der Waals surface area contributed by atoms with Crippen LogP contribution in [0.1, 0.15) is 77.7 Å². The molecule has 0 saturated heterocycles. The number of unbranched alkanes of at least 4 members (excludes halogenated alkanes) is 6. The van der Waals surface area contributed by atoms with Gasteiger partial charge in [-0.2, -0.15) is 0 Å². The maximum absolute atomic E-state index is 10.5. The van der Waals surface area contributed by atoms with Crippen LogP contribution < -0.4 is 4.90 Å². The highest BCUT2D eigenvalue weighted by atomic mass is 16.4. The molecule has 2 aromatic rings. The fraction of sp³-hybridized carbons (Fsp3) is 0.560. The Morgan fingerprint density at radius 1 is 0.964 bits per heavy atom. The van der Waals surface area contributed by atoms with E-state index >= 15 is 0 Å². The van der Waals surface area contributed by atoms with Gasteiger partial charge in [-0.05, 0) is 42.2 Å². The summed E-state index contributed by atoms with van der Waals surface area (Å²) in [5.41, 5.74) is 3.08. The standard InChI is InChI=1S/C25H35NO2/c1-19-25(2,3)24-21-14-11-10-13-20(21)16-17-22(24)26(19)18-12-8-6-4-5-7-9-15-23(27)28/h10-11,13-14,16-17,19H,4-9,12,15,18H2,1-3H3,(H,27,28). The normalized spacial score (nSPS) is 17.8. The number of rotatable bonds is 10. The van der Waals surface area contributed by atoms with E-state index in [2.05, 4.69) is 62.1 Å². The topological polar surface area (TPSA) is 40.5 Å². The Balaban J connectivity index is 1.54. The zero-order chi connectivity index (χ0) is 20.1. The summed E-state index contributed by atoms with van der Waals surface area (Å²) in [5, 5.41) is 11.4. The molecule has 0 spiro atoms. The van der Waals surface area contributed by atoms with Gasteiger partial charge in [0.1, 0.15) is 0 Å². The molecule has 2 aromatic carbocycles. The van der Waals surface area contributed by atoms with E-state index < -0.39 is 5.97 Å². The first-order valence-corrected chi connectivity index (χ1v) is 10.9. The molecule has 0 radical (unpaired) electrons. The van der Waals surface area contributed by atoms with Crippen LogP contribution >= 0.6 is 0 Å². The van der Waals surface area contributed by atoms with Crippen LogP contribution in [-0.2, 0) is 10.2 Å². The summed E-state index contributed by atoms with van der Waals surface area (Å²) >= 11 is 0. The molecule has 0 aromatic heterocycles. The lowest BCUT2D eigenvalue weighted by atomic mass is 9.79. The lowest BCUT2D eigenvalue weighted by Crippen LogP contribution is -2.39. The molecule has 1 unspecified atom stereocenters. The highest BCUT2D eigenvalue weighted by Crippen LogP contribution is 2.48. The average Bonchev–Trinajstić information content (AvgIpc) is 2.87. The molecule has 1 N–H and O–H groups in total. The van der Waals surface area contributed by atoms with Gasteiger partial charge >= 0.3 is 5.97 Å². The number of carboxylic acids is 1. The maximum atomic E-state index is 10.5. The van der Waals surface area contributed by atoms with Gasteiger partial charge in [0.05, 0.1) is 0 Å². The monoisotopic (exact) mass is 381 g/mol. The first kappa shape index (κ1) is 20.7. The van der Waals surface area contributed by atoms with E-state index in [-0.39, 0.29) is 5.41 Å². The number of carbonyl (C=O) groups is 1. The Kier molecular flexibility index (Phi) is 6.64. The number of aliphatic carboxylic acids is 1. The Bertz CT molecular complexity index is 811. The number of carboxylic acid groups (broad SMARTS) is 1. The molecule has 0 fully saturated rings. The summed E-state index contributed by atoms with van der Waals surface area (Å²) in [4.78, 5) is 13.1. The van der Waals surface area contributed by atoms with Crippen molar-refractivity contribution in [2.24, 2.45) is 0 Å². The Hall–Kier alpha value is -2.03. The zero-order valence-electron chi connectivity index (χ0n) is 17.7. The van der Waals surface area contributed by atoms with E-state index in [0.29, 0.717) is 12.5 Å². The SMILES string of the molecule is CC1N(CCCCCCCCCC(=O)O)c2ccc3ccccc3c2C1(C)C. The molecule has 3 heteroatoms. The smallest absolute Gasteiger partial charge is 0.303 e. The van der Waals surface area contributed by atoms with Crippen molar-refractivity contribution in [3.8, 4) is 0 Å². The highest BCUT2D eigenvalue weighted by molar-refractivity contribution is 5.93. The Labute approximate surface area is 169 Å². The number of anilines is 1.